The van der Waals surface area contributed by atoms with Crippen molar-refractivity contribution in [1.82, 2.24) is 4.90 Å². The fourth-order valence-electron chi connectivity index (χ4n) is 4.44. The van der Waals surface area contributed by atoms with E-state index in [0.29, 0.717) is 35.1 Å². The molecule has 0 spiro atoms. The van der Waals surface area contributed by atoms with Gasteiger partial charge >= 0.3 is 0 Å². The average molecular weight is 480 g/mol. The monoisotopic (exact) mass is 479 g/mol. The Hall–Kier alpha value is -3.11. The van der Waals surface area contributed by atoms with Crippen molar-refractivity contribution in [3.8, 4) is 11.8 Å². The fourth-order valence-corrected chi connectivity index (χ4v) is 4.56. The van der Waals surface area contributed by atoms with E-state index in [-0.39, 0.29) is 31.1 Å². The van der Waals surface area contributed by atoms with Crippen LogP contribution in [0.3, 0.4) is 0 Å². The largest absolute Gasteiger partial charge is 0.491 e. The molecule has 34 heavy (non-hydrogen) atoms. The maximum Gasteiger partial charge on any atom is 0.150 e. The summed E-state index contributed by atoms with van der Waals surface area (Å²) >= 11 is 6.13. The molecule has 0 saturated carbocycles. The first-order chi connectivity index (χ1) is 16.5. The third-order valence-corrected chi connectivity index (χ3v) is 6.58. The van der Waals surface area contributed by atoms with Crippen molar-refractivity contribution in [3.05, 3.63) is 94.3 Å². The lowest BCUT2D eigenvalue weighted by Gasteiger charge is -2.45. The smallest absolute Gasteiger partial charge is 0.150 e. The lowest BCUT2D eigenvalue weighted by atomic mass is 9.98. The van der Waals surface area contributed by atoms with Crippen LogP contribution in [0.1, 0.15) is 35.7 Å². The SMILES string of the molecule is CC(c1ccc(C#N)cc1)N1CCN(c2ccc(OCCO)cc2F)[C@H](c2ccc(Cl)cc2)C1. The first kappa shape index (κ1) is 24.0. The number of rotatable bonds is 7. The molecule has 0 amide bonds. The van der Waals surface area contributed by atoms with Crippen molar-refractivity contribution >= 4 is 17.3 Å². The Morgan fingerprint density at radius 1 is 1.12 bits per heavy atom. The van der Waals surface area contributed by atoms with Gasteiger partial charge in [-0.25, -0.2) is 4.39 Å². The molecular weight excluding hydrogens is 453 g/mol. The zero-order chi connectivity index (χ0) is 24.1. The average Bonchev–Trinajstić information content (AvgIpc) is 2.87. The molecule has 1 unspecified atom stereocenters. The van der Waals surface area contributed by atoms with Crippen LogP contribution < -0.4 is 9.64 Å². The summed E-state index contributed by atoms with van der Waals surface area (Å²) in [6, 6.07) is 22.5. The standard InChI is InChI=1S/C27H27ClFN3O2/c1-19(21-4-2-20(17-30)3-5-21)31-12-13-32(27(18-31)22-6-8-23(28)9-7-22)26-11-10-24(16-25(26)29)34-15-14-33/h2-11,16,19,27,33H,12-15,18H2,1H3/t19?,27-/m0/s1. The minimum absolute atomic E-state index is 0.0782. The summed E-state index contributed by atoms with van der Waals surface area (Å²) < 4.78 is 20.5. The normalized spacial score (nSPS) is 17.3. The van der Waals surface area contributed by atoms with Gasteiger partial charge in [0.05, 0.1) is 30.0 Å². The number of anilines is 1. The van der Waals surface area contributed by atoms with Crippen molar-refractivity contribution in [1.29, 1.82) is 5.26 Å². The summed E-state index contributed by atoms with van der Waals surface area (Å²) in [5.41, 5.74) is 3.35. The molecule has 1 aliphatic heterocycles. The first-order valence-electron chi connectivity index (χ1n) is 11.3. The summed E-state index contributed by atoms with van der Waals surface area (Å²) in [7, 11) is 0. The van der Waals surface area contributed by atoms with E-state index in [9.17, 15) is 0 Å². The third-order valence-electron chi connectivity index (χ3n) is 6.33. The van der Waals surface area contributed by atoms with Crippen LogP contribution in [0.15, 0.2) is 66.7 Å². The Kier molecular flexibility index (Phi) is 7.69. The number of halogens is 2. The lowest BCUT2D eigenvalue weighted by molar-refractivity contribution is 0.170. The maximum atomic E-state index is 15.2. The van der Waals surface area contributed by atoms with Crippen molar-refractivity contribution in [2.45, 2.75) is 19.0 Å². The topological polar surface area (TPSA) is 59.7 Å². The molecule has 0 bridgehead atoms. The van der Waals surface area contributed by atoms with E-state index in [0.717, 1.165) is 17.7 Å². The number of ether oxygens (including phenoxy) is 1. The summed E-state index contributed by atoms with van der Waals surface area (Å²) in [4.78, 5) is 4.48. The van der Waals surface area contributed by atoms with Crippen LogP contribution in [0.2, 0.25) is 5.02 Å². The zero-order valence-electron chi connectivity index (χ0n) is 19.0. The van der Waals surface area contributed by atoms with Crippen molar-refractivity contribution in [2.24, 2.45) is 0 Å². The maximum absolute atomic E-state index is 15.2. The molecule has 0 aromatic heterocycles. The molecule has 0 radical (unpaired) electrons. The summed E-state index contributed by atoms with van der Waals surface area (Å²) in [6.07, 6.45) is 0. The van der Waals surface area contributed by atoms with Gasteiger partial charge in [-0.3, -0.25) is 4.90 Å². The third kappa shape index (κ3) is 5.34. The molecule has 1 N–H and O–H groups in total. The van der Waals surface area contributed by atoms with Gasteiger partial charge in [-0.15, -0.1) is 0 Å². The molecule has 4 rings (SSSR count). The number of aliphatic hydroxyl groups excluding tert-OH is 1. The molecule has 1 fully saturated rings. The zero-order valence-corrected chi connectivity index (χ0v) is 19.8. The van der Waals surface area contributed by atoms with Crippen molar-refractivity contribution < 1.29 is 14.2 Å². The molecule has 176 valence electrons. The van der Waals surface area contributed by atoms with Crippen LogP contribution in [0.25, 0.3) is 0 Å². The van der Waals surface area contributed by atoms with Crippen LogP contribution in [0, 0.1) is 17.1 Å². The van der Waals surface area contributed by atoms with Gasteiger partial charge in [0, 0.05) is 36.8 Å². The second-order valence-corrected chi connectivity index (χ2v) is 8.79. The van der Waals surface area contributed by atoms with Gasteiger partial charge in [0.15, 0.2) is 0 Å². The number of nitriles is 1. The molecule has 3 aromatic carbocycles. The van der Waals surface area contributed by atoms with E-state index in [1.54, 1.807) is 12.1 Å². The Morgan fingerprint density at radius 2 is 1.85 bits per heavy atom. The number of piperazine rings is 1. The predicted octanol–water partition coefficient (Wildman–Crippen LogP) is 5.35. The fraction of sp³-hybridized carbons (Fsp3) is 0.296. The highest BCUT2D eigenvalue weighted by molar-refractivity contribution is 6.30. The molecule has 1 heterocycles. The van der Waals surface area contributed by atoms with E-state index in [1.165, 1.54) is 6.07 Å². The first-order valence-corrected chi connectivity index (χ1v) is 11.7. The highest BCUT2D eigenvalue weighted by Gasteiger charge is 2.32. The van der Waals surface area contributed by atoms with E-state index in [4.69, 9.17) is 26.7 Å². The van der Waals surface area contributed by atoms with E-state index in [1.807, 2.05) is 48.5 Å². The van der Waals surface area contributed by atoms with Gasteiger partial charge < -0.3 is 14.7 Å². The number of nitrogens with zero attached hydrogens (tertiary/aromatic N) is 3. The number of hydrogen-bond acceptors (Lipinski definition) is 5. The minimum atomic E-state index is -0.358. The molecule has 7 heteroatoms. The van der Waals surface area contributed by atoms with Crippen molar-refractivity contribution in [3.63, 3.8) is 0 Å². The van der Waals surface area contributed by atoms with Crippen molar-refractivity contribution in [2.75, 3.05) is 37.7 Å². The molecule has 5 nitrogen and oxygen atoms in total. The van der Waals surface area contributed by atoms with Gasteiger partial charge in [-0.2, -0.15) is 5.26 Å². The number of hydrogen-bond donors (Lipinski definition) is 1. The molecule has 0 aliphatic carbocycles. The quantitative estimate of drug-likeness (QED) is 0.495. The lowest BCUT2D eigenvalue weighted by Crippen LogP contribution is -2.49. The molecule has 1 saturated heterocycles. The molecule has 2 atom stereocenters. The molecule has 3 aromatic rings. The predicted molar refractivity (Wildman–Crippen MR) is 132 cm³/mol. The minimum Gasteiger partial charge on any atom is -0.491 e. The second-order valence-electron chi connectivity index (χ2n) is 8.35. The Bertz CT molecular complexity index is 1150. The summed E-state index contributed by atoms with van der Waals surface area (Å²) in [5.74, 6) is 0.0365. The Morgan fingerprint density at radius 3 is 2.50 bits per heavy atom. The van der Waals surface area contributed by atoms with Gasteiger partial charge in [0.2, 0.25) is 0 Å². The van der Waals surface area contributed by atoms with Gasteiger partial charge in [-0.1, -0.05) is 35.9 Å². The number of benzene rings is 3. The van der Waals surface area contributed by atoms with Crippen LogP contribution >= 0.6 is 11.6 Å². The second kappa shape index (κ2) is 10.9. The molecular formula is C27H27ClFN3O2. The Balaban J connectivity index is 1.61. The molecule has 1 aliphatic rings. The van der Waals surface area contributed by atoms with Crippen LogP contribution in [0.4, 0.5) is 10.1 Å². The number of aliphatic hydroxyl groups is 1. The van der Waals surface area contributed by atoms with Crippen LogP contribution in [0.5, 0.6) is 5.75 Å². The van der Waals surface area contributed by atoms with Crippen LogP contribution in [-0.4, -0.2) is 42.9 Å². The van der Waals surface area contributed by atoms with Gasteiger partial charge in [0.1, 0.15) is 18.2 Å². The van der Waals surface area contributed by atoms with Gasteiger partial charge in [0.25, 0.3) is 0 Å². The van der Waals surface area contributed by atoms with E-state index < -0.39 is 0 Å². The van der Waals surface area contributed by atoms with Crippen LogP contribution in [-0.2, 0) is 0 Å². The van der Waals surface area contributed by atoms with Gasteiger partial charge in [-0.05, 0) is 54.4 Å². The van der Waals surface area contributed by atoms with E-state index in [2.05, 4.69) is 22.8 Å². The Labute approximate surface area is 204 Å². The highest BCUT2D eigenvalue weighted by Crippen LogP contribution is 2.36. The summed E-state index contributed by atoms with van der Waals surface area (Å²) in [5, 5.41) is 18.7. The summed E-state index contributed by atoms with van der Waals surface area (Å²) in [6.45, 7) is 4.25. The highest BCUT2D eigenvalue weighted by atomic mass is 35.5. The van der Waals surface area contributed by atoms with E-state index >= 15 is 4.39 Å².